The molecule has 2 unspecified atom stereocenters. The Hall–Kier alpha value is -0.400. The minimum Gasteiger partial charge on any atom is -0.394 e. The highest BCUT2D eigenvalue weighted by atomic mass is 16.4. The predicted molar refractivity (Wildman–Crippen MR) is 77.9 cm³/mol. The normalized spacial score (nSPS) is 12.3. The van der Waals surface area contributed by atoms with E-state index in [-0.39, 0.29) is 39.6 Å². The molecule has 0 aliphatic carbocycles. The first-order valence-corrected chi connectivity index (χ1v) is 6.53. The molecule has 0 heterocycles. The maximum absolute atomic E-state index is 8.17. The molecule has 0 bridgehead atoms. The van der Waals surface area contributed by atoms with Crippen LogP contribution >= 0.6 is 0 Å². The van der Waals surface area contributed by atoms with Crippen LogP contribution in [0.3, 0.4) is 0 Å². The second-order valence-corrected chi connectivity index (χ2v) is 4.10. The fourth-order valence-corrected chi connectivity index (χ4v) is 0.115. The third-order valence-corrected chi connectivity index (χ3v) is 1.37. The summed E-state index contributed by atoms with van der Waals surface area (Å²) >= 11 is 0. The van der Waals surface area contributed by atoms with E-state index in [1.165, 1.54) is 13.8 Å². The van der Waals surface area contributed by atoms with Crippen molar-refractivity contribution in [1.82, 2.24) is 0 Å². The van der Waals surface area contributed by atoms with Crippen LogP contribution in [0.4, 0.5) is 0 Å². The number of rotatable bonds is 6. The van der Waals surface area contributed by atoms with Crippen molar-refractivity contribution in [1.29, 1.82) is 0 Å². The maximum Gasteiger partial charge on any atom is 0.100 e. The molecule has 2 atom stereocenters. The van der Waals surface area contributed by atoms with Gasteiger partial charge in [-0.3, -0.25) is 0 Å². The number of hydrogen-bond donors (Lipinski definition) is 10. The molecule has 0 aliphatic heterocycles. The Morgan fingerprint density at radius 1 is 0.455 bits per heavy atom. The van der Waals surface area contributed by atoms with E-state index in [1.54, 1.807) is 0 Å². The second kappa shape index (κ2) is 25.5. The van der Waals surface area contributed by atoms with Crippen molar-refractivity contribution >= 4 is 0 Å². The summed E-state index contributed by atoms with van der Waals surface area (Å²) in [5.41, 5.74) is 0. The smallest absolute Gasteiger partial charge is 0.100 e. The lowest BCUT2D eigenvalue weighted by molar-refractivity contribution is 0.0450. The molecule has 0 radical (unpaired) electrons. The summed E-state index contributed by atoms with van der Waals surface area (Å²) < 4.78 is 0. The van der Waals surface area contributed by atoms with E-state index in [2.05, 4.69) is 0 Å². The standard InChI is InChI=1S/2C3H8O3.2C3H8O2/c2*4-1-3(6)2-5;2*1-3(5)2-4/h2*3-6H,1-2H2;2*3-5H,2H2,1H3. The molecule has 0 aromatic heterocycles. The van der Waals surface area contributed by atoms with E-state index >= 15 is 0 Å². The molecule has 0 aromatic rings. The zero-order valence-corrected chi connectivity index (χ0v) is 13.0. The van der Waals surface area contributed by atoms with Gasteiger partial charge in [0.25, 0.3) is 0 Å². The third kappa shape index (κ3) is 50.4. The molecular weight excluding hydrogens is 304 g/mol. The van der Waals surface area contributed by atoms with Crippen molar-refractivity contribution in [3.8, 4) is 0 Å². The average Bonchev–Trinajstić information content (AvgIpc) is 2.54. The monoisotopic (exact) mass is 336 g/mol. The number of aliphatic hydroxyl groups is 10. The lowest BCUT2D eigenvalue weighted by atomic mass is 10.4. The summed E-state index contributed by atoms with van der Waals surface area (Å²) in [6.45, 7) is 1.32. The van der Waals surface area contributed by atoms with Crippen LogP contribution in [-0.4, -0.2) is 115 Å². The van der Waals surface area contributed by atoms with Crippen molar-refractivity contribution in [3.63, 3.8) is 0 Å². The highest BCUT2D eigenvalue weighted by Gasteiger charge is 1.94. The van der Waals surface area contributed by atoms with Gasteiger partial charge in [0.1, 0.15) is 12.2 Å². The van der Waals surface area contributed by atoms with Crippen molar-refractivity contribution in [2.45, 2.75) is 38.3 Å². The van der Waals surface area contributed by atoms with Gasteiger partial charge in [-0.1, -0.05) is 0 Å². The zero-order valence-electron chi connectivity index (χ0n) is 13.0. The largest absolute Gasteiger partial charge is 0.394 e. The molecule has 10 heteroatoms. The molecule has 0 aromatic carbocycles. The van der Waals surface area contributed by atoms with Gasteiger partial charge in [-0.2, -0.15) is 0 Å². The van der Waals surface area contributed by atoms with Gasteiger partial charge in [0.2, 0.25) is 0 Å². The summed E-state index contributed by atoms with van der Waals surface area (Å²) in [4.78, 5) is 0. The van der Waals surface area contributed by atoms with Crippen LogP contribution in [0.5, 0.6) is 0 Å². The Morgan fingerprint density at radius 2 is 0.591 bits per heavy atom. The minimum absolute atomic E-state index is 0.139. The van der Waals surface area contributed by atoms with Crippen LogP contribution in [0, 0.1) is 0 Å². The Bertz CT molecular complexity index is 142. The molecule has 0 rings (SSSR count). The molecule has 0 amide bonds. The maximum atomic E-state index is 8.17. The van der Waals surface area contributed by atoms with Gasteiger partial charge in [-0.15, -0.1) is 0 Å². The van der Waals surface area contributed by atoms with E-state index < -0.39 is 24.4 Å². The Labute approximate surface area is 130 Å². The van der Waals surface area contributed by atoms with E-state index in [4.69, 9.17) is 51.1 Å². The Morgan fingerprint density at radius 3 is 0.591 bits per heavy atom. The molecular formula is C12H32O10. The van der Waals surface area contributed by atoms with Gasteiger partial charge >= 0.3 is 0 Å². The quantitative estimate of drug-likeness (QED) is 0.225. The van der Waals surface area contributed by atoms with Crippen LogP contribution in [0.2, 0.25) is 0 Å². The molecule has 10 nitrogen and oxygen atoms in total. The van der Waals surface area contributed by atoms with Gasteiger partial charge in [-0.25, -0.2) is 0 Å². The molecule has 0 saturated heterocycles. The van der Waals surface area contributed by atoms with Gasteiger partial charge in [0, 0.05) is 0 Å². The lowest BCUT2D eigenvalue weighted by Gasteiger charge is -1.96. The molecule has 10 N–H and O–H groups in total. The van der Waals surface area contributed by atoms with Gasteiger partial charge in [0.05, 0.1) is 51.8 Å². The second-order valence-electron chi connectivity index (χ2n) is 4.10. The van der Waals surface area contributed by atoms with E-state index in [0.29, 0.717) is 0 Å². The zero-order chi connectivity index (χ0) is 18.6. The molecule has 0 saturated carbocycles. The number of hydrogen-bond acceptors (Lipinski definition) is 10. The molecule has 22 heavy (non-hydrogen) atoms. The van der Waals surface area contributed by atoms with E-state index in [9.17, 15) is 0 Å². The summed E-state index contributed by atoms with van der Waals surface area (Å²) in [7, 11) is 0. The fraction of sp³-hybridized carbons (Fsp3) is 1.00. The highest BCUT2D eigenvalue weighted by molar-refractivity contribution is 4.44. The number of aliphatic hydroxyl groups excluding tert-OH is 10. The molecule has 140 valence electrons. The first kappa shape index (κ1) is 29.6. The first-order valence-electron chi connectivity index (χ1n) is 6.53. The summed E-state index contributed by atoms with van der Waals surface area (Å²) in [6, 6.07) is 0. The topological polar surface area (TPSA) is 202 Å². The van der Waals surface area contributed by atoms with Crippen molar-refractivity contribution in [2.75, 3.05) is 39.6 Å². The summed E-state index contributed by atoms with van der Waals surface area (Å²) in [5.74, 6) is 0. The van der Waals surface area contributed by atoms with Crippen LogP contribution in [0.1, 0.15) is 13.8 Å². The van der Waals surface area contributed by atoms with Crippen molar-refractivity contribution in [2.24, 2.45) is 0 Å². The van der Waals surface area contributed by atoms with Crippen molar-refractivity contribution in [3.05, 3.63) is 0 Å². The lowest BCUT2D eigenvalue weighted by Crippen LogP contribution is -2.15. The Kier molecular flexibility index (Phi) is 34.4. The van der Waals surface area contributed by atoms with E-state index in [0.717, 1.165) is 0 Å². The van der Waals surface area contributed by atoms with Crippen LogP contribution in [-0.2, 0) is 0 Å². The molecule has 0 aliphatic rings. The molecule has 0 spiro atoms. The highest BCUT2D eigenvalue weighted by Crippen LogP contribution is 1.72. The van der Waals surface area contributed by atoms with Gasteiger partial charge in [0.15, 0.2) is 0 Å². The van der Waals surface area contributed by atoms with Gasteiger partial charge < -0.3 is 51.1 Å². The van der Waals surface area contributed by atoms with Crippen LogP contribution < -0.4 is 0 Å². The Balaban J connectivity index is -0.0000000986. The minimum atomic E-state index is -0.954. The summed E-state index contributed by atoms with van der Waals surface area (Å²) in [5, 5.41) is 80.0. The first-order chi connectivity index (χ1) is 10.2. The SMILES string of the molecule is CC(O)CO.CC(O)CO.OCC(O)CO.OCC(O)CO. The third-order valence-electron chi connectivity index (χ3n) is 1.37. The van der Waals surface area contributed by atoms with Crippen LogP contribution in [0.15, 0.2) is 0 Å². The van der Waals surface area contributed by atoms with Gasteiger partial charge in [-0.05, 0) is 13.8 Å². The van der Waals surface area contributed by atoms with Crippen LogP contribution in [0.25, 0.3) is 0 Å². The van der Waals surface area contributed by atoms with Crippen molar-refractivity contribution < 1.29 is 51.1 Å². The molecule has 0 fully saturated rings. The van der Waals surface area contributed by atoms with E-state index in [1.807, 2.05) is 0 Å². The predicted octanol–water partition coefficient (Wildman–Crippen LogP) is -4.62. The fourth-order valence-electron chi connectivity index (χ4n) is 0.115. The average molecular weight is 336 g/mol. The summed E-state index contributed by atoms with van der Waals surface area (Å²) in [6.07, 6.45) is -3.03.